The first-order valence-electron chi connectivity index (χ1n) is 6.26. The Kier molecular flexibility index (Phi) is 5.77. The first-order chi connectivity index (χ1) is 8.19. The SMILES string of the molecule is CCCNC(=O)C(C)NC(CC)c1ccco1. The lowest BCUT2D eigenvalue weighted by atomic mass is 10.1. The topological polar surface area (TPSA) is 54.3 Å². The van der Waals surface area contributed by atoms with Gasteiger partial charge in [-0.2, -0.15) is 0 Å². The fourth-order valence-electron chi connectivity index (χ4n) is 1.67. The summed E-state index contributed by atoms with van der Waals surface area (Å²) >= 11 is 0. The highest BCUT2D eigenvalue weighted by Gasteiger charge is 2.18. The summed E-state index contributed by atoms with van der Waals surface area (Å²) in [6.45, 7) is 6.70. The van der Waals surface area contributed by atoms with Gasteiger partial charge in [-0.15, -0.1) is 0 Å². The Morgan fingerprint density at radius 1 is 1.47 bits per heavy atom. The van der Waals surface area contributed by atoms with Crippen molar-refractivity contribution in [2.45, 2.75) is 45.7 Å². The number of nitrogens with one attached hydrogen (secondary N) is 2. The van der Waals surface area contributed by atoms with Gasteiger partial charge in [-0.3, -0.25) is 10.1 Å². The number of furan rings is 1. The van der Waals surface area contributed by atoms with Crippen LogP contribution in [0, 0.1) is 0 Å². The highest BCUT2D eigenvalue weighted by atomic mass is 16.3. The average molecular weight is 238 g/mol. The summed E-state index contributed by atoms with van der Waals surface area (Å²) in [5.41, 5.74) is 0. The van der Waals surface area contributed by atoms with Crippen LogP contribution in [-0.2, 0) is 4.79 Å². The number of carbonyl (C=O) groups excluding carboxylic acids is 1. The molecule has 4 heteroatoms. The molecule has 96 valence electrons. The zero-order valence-corrected chi connectivity index (χ0v) is 10.8. The summed E-state index contributed by atoms with van der Waals surface area (Å²) in [6, 6.07) is 3.67. The van der Waals surface area contributed by atoms with Gasteiger partial charge in [-0.1, -0.05) is 13.8 Å². The third-order valence-electron chi connectivity index (χ3n) is 2.69. The molecule has 1 aromatic heterocycles. The summed E-state index contributed by atoms with van der Waals surface area (Å²) in [4.78, 5) is 11.7. The van der Waals surface area contributed by atoms with Crippen molar-refractivity contribution in [3.63, 3.8) is 0 Å². The van der Waals surface area contributed by atoms with Crippen LogP contribution in [0.5, 0.6) is 0 Å². The third kappa shape index (κ3) is 4.23. The van der Waals surface area contributed by atoms with Crippen LogP contribution in [-0.4, -0.2) is 18.5 Å². The maximum absolute atomic E-state index is 11.7. The van der Waals surface area contributed by atoms with Crippen molar-refractivity contribution in [2.24, 2.45) is 0 Å². The fourth-order valence-corrected chi connectivity index (χ4v) is 1.67. The van der Waals surface area contributed by atoms with Crippen LogP contribution in [0.15, 0.2) is 22.8 Å². The molecule has 4 nitrogen and oxygen atoms in total. The Bertz CT molecular complexity index is 322. The Morgan fingerprint density at radius 3 is 2.76 bits per heavy atom. The standard InChI is InChI=1S/C13H22N2O2/c1-4-8-14-13(16)10(3)15-11(5-2)12-7-6-9-17-12/h6-7,9-11,15H,4-5,8H2,1-3H3,(H,14,16). The Hall–Kier alpha value is -1.29. The van der Waals surface area contributed by atoms with Crippen LogP contribution in [0.1, 0.15) is 45.4 Å². The molecule has 0 bridgehead atoms. The van der Waals surface area contributed by atoms with Gasteiger partial charge in [0, 0.05) is 6.54 Å². The molecular formula is C13H22N2O2. The van der Waals surface area contributed by atoms with Gasteiger partial charge in [-0.25, -0.2) is 0 Å². The Balaban J connectivity index is 2.48. The van der Waals surface area contributed by atoms with Crippen molar-refractivity contribution in [2.75, 3.05) is 6.54 Å². The Morgan fingerprint density at radius 2 is 2.24 bits per heavy atom. The van der Waals surface area contributed by atoms with Crippen molar-refractivity contribution >= 4 is 5.91 Å². The van der Waals surface area contributed by atoms with E-state index in [9.17, 15) is 4.79 Å². The van der Waals surface area contributed by atoms with Crippen molar-refractivity contribution in [3.05, 3.63) is 24.2 Å². The third-order valence-corrected chi connectivity index (χ3v) is 2.69. The number of hydrogen-bond donors (Lipinski definition) is 2. The molecular weight excluding hydrogens is 216 g/mol. The molecule has 0 aliphatic heterocycles. The van der Waals surface area contributed by atoms with Crippen LogP contribution in [0.2, 0.25) is 0 Å². The Labute approximate surface area is 103 Å². The molecule has 1 amide bonds. The molecule has 2 atom stereocenters. The van der Waals surface area contributed by atoms with Crippen LogP contribution >= 0.6 is 0 Å². The lowest BCUT2D eigenvalue weighted by Crippen LogP contribution is -2.43. The molecule has 1 heterocycles. The van der Waals surface area contributed by atoms with E-state index in [1.807, 2.05) is 26.0 Å². The van der Waals surface area contributed by atoms with Crippen molar-refractivity contribution in [3.8, 4) is 0 Å². The lowest BCUT2D eigenvalue weighted by molar-refractivity contribution is -0.122. The van der Waals surface area contributed by atoms with E-state index in [0.29, 0.717) is 0 Å². The molecule has 0 aliphatic rings. The van der Waals surface area contributed by atoms with E-state index in [0.717, 1.165) is 25.1 Å². The van der Waals surface area contributed by atoms with Gasteiger partial charge in [0.05, 0.1) is 18.3 Å². The largest absolute Gasteiger partial charge is 0.468 e. The highest BCUT2D eigenvalue weighted by Crippen LogP contribution is 2.17. The molecule has 1 aromatic rings. The molecule has 17 heavy (non-hydrogen) atoms. The smallest absolute Gasteiger partial charge is 0.236 e. The molecule has 0 spiro atoms. The molecule has 2 N–H and O–H groups in total. The zero-order valence-electron chi connectivity index (χ0n) is 10.8. The number of carbonyl (C=O) groups is 1. The molecule has 0 fully saturated rings. The molecule has 1 rings (SSSR count). The predicted molar refractivity (Wildman–Crippen MR) is 67.6 cm³/mol. The zero-order chi connectivity index (χ0) is 12.7. The van der Waals surface area contributed by atoms with E-state index in [4.69, 9.17) is 4.42 Å². The van der Waals surface area contributed by atoms with Gasteiger partial charge in [0.15, 0.2) is 0 Å². The maximum atomic E-state index is 11.7. The number of hydrogen-bond acceptors (Lipinski definition) is 3. The summed E-state index contributed by atoms with van der Waals surface area (Å²) in [5.74, 6) is 0.916. The van der Waals surface area contributed by atoms with E-state index in [1.54, 1.807) is 6.26 Å². The van der Waals surface area contributed by atoms with Gasteiger partial charge in [0.25, 0.3) is 0 Å². The second-order valence-electron chi connectivity index (χ2n) is 4.16. The summed E-state index contributed by atoms with van der Waals surface area (Å²) in [7, 11) is 0. The van der Waals surface area contributed by atoms with E-state index >= 15 is 0 Å². The van der Waals surface area contributed by atoms with Gasteiger partial charge in [0.2, 0.25) is 5.91 Å². The van der Waals surface area contributed by atoms with Crippen LogP contribution in [0.4, 0.5) is 0 Å². The fraction of sp³-hybridized carbons (Fsp3) is 0.615. The lowest BCUT2D eigenvalue weighted by Gasteiger charge is -2.20. The quantitative estimate of drug-likeness (QED) is 0.766. The molecule has 2 unspecified atom stereocenters. The van der Waals surface area contributed by atoms with Crippen molar-refractivity contribution in [1.82, 2.24) is 10.6 Å². The van der Waals surface area contributed by atoms with E-state index in [1.165, 1.54) is 0 Å². The molecule has 0 saturated carbocycles. The predicted octanol–water partition coefficient (Wildman–Crippen LogP) is 2.23. The van der Waals surface area contributed by atoms with Crippen LogP contribution in [0.25, 0.3) is 0 Å². The minimum Gasteiger partial charge on any atom is -0.468 e. The molecule has 0 saturated heterocycles. The van der Waals surface area contributed by atoms with Crippen molar-refractivity contribution < 1.29 is 9.21 Å². The number of rotatable bonds is 7. The van der Waals surface area contributed by atoms with Gasteiger partial charge >= 0.3 is 0 Å². The summed E-state index contributed by atoms with van der Waals surface area (Å²) in [5, 5.41) is 6.15. The first kappa shape index (κ1) is 13.8. The number of amides is 1. The van der Waals surface area contributed by atoms with Crippen molar-refractivity contribution in [1.29, 1.82) is 0 Å². The molecule has 0 aromatic carbocycles. The summed E-state index contributed by atoms with van der Waals surface area (Å²) in [6.07, 6.45) is 3.49. The maximum Gasteiger partial charge on any atom is 0.236 e. The van der Waals surface area contributed by atoms with E-state index in [-0.39, 0.29) is 18.0 Å². The van der Waals surface area contributed by atoms with E-state index < -0.39 is 0 Å². The van der Waals surface area contributed by atoms with Crippen LogP contribution < -0.4 is 10.6 Å². The minimum atomic E-state index is -0.211. The molecule has 0 aliphatic carbocycles. The average Bonchev–Trinajstić information content (AvgIpc) is 2.86. The van der Waals surface area contributed by atoms with Gasteiger partial charge in [0.1, 0.15) is 5.76 Å². The summed E-state index contributed by atoms with van der Waals surface area (Å²) < 4.78 is 5.35. The van der Waals surface area contributed by atoms with E-state index in [2.05, 4.69) is 17.6 Å². The van der Waals surface area contributed by atoms with Crippen LogP contribution in [0.3, 0.4) is 0 Å². The molecule has 0 radical (unpaired) electrons. The first-order valence-corrected chi connectivity index (χ1v) is 6.26. The normalized spacial score (nSPS) is 14.3. The monoisotopic (exact) mass is 238 g/mol. The minimum absolute atomic E-state index is 0.0388. The van der Waals surface area contributed by atoms with Gasteiger partial charge in [-0.05, 0) is 31.9 Å². The second kappa shape index (κ2) is 7.12. The van der Waals surface area contributed by atoms with Gasteiger partial charge < -0.3 is 9.73 Å². The highest BCUT2D eigenvalue weighted by molar-refractivity contribution is 5.81. The second-order valence-corrected chi connectivity index (χ2v) is 4.16.